The first-order chi connectivity index (χ1) is 9.85. The monoisotopic (exact) mass is 319 g/mol. The number of halogens is 5. The van der Waals surface area contributed by atoms with Crippen molar-refractivity contribution in [3.8, 4) is 5.75 Å². The van der Waals surface area contributed by atoms with Crippen molar-refractivity contribution in [2.75, 3.05) is 5.32 Å². The minimum absolute atomic E-state index is 0.0232. The molecule has 2 aromatic rings. The zero-order valence-corrected chi connectivity index (χ0v) is 11.3. The SMILES string of the molecule is Fc1ccc(Cl)cc1CNc1ccccc1OC(F)(F)F. The first-order valence-electron chi connectivity index (χ1n) is 5.88. The lowest BCUT2D eigenvalue weighted by Gasteiger charge is -2.14. The Morgan fingerprint density at radius 3 is 2.52 bits per heavy atom. The van der Waals surface area contributed by atoms with Crippen molar-refractivity contribution in [2.45, 2.75) is 12.9 Å². The Hall–Kier alpha value is -1.95. The second-order valence-corrected chi connectivity index (χ2v) is 4.57. The van der Waals surface area contributed by atoms with Crippen LogP contribution >= 0.6 is 11.6 Å². The minimum Gasteiger partial charge on any atom is -0.404 e. The molecule has 0 aliphatic heterocycles. The number of rotatable bonds is 4. The number of benzene rings is 2. The number of nitrogens with one attached hydrogen (secondary N) is 1. The Morgan fingerprint density at radius 1 is 1.10 bits per heavy atom. The first-order valence-corrected chi connectivity index (χ1v) is 6.25. The van der Waals surface area contributed by atoms with E-state index in [1.807, 2.05) is 0 Å². The maximum Gasteiger partial charge on any atom is 0.573 e. The van der Waals surface area contributed by atoms with E-state index in [9.17, 15) is 17.6 Å². The average molecular weight is 320 g/mol. The molecule has 112 valence electrons. The Balaban J connectivity index is 2.15. The number of hydrogen-bond donors (Lipinski definition) is 1. The van der Waals surface area contributed by atoms with Crippen molar-refractivity contribution in [3.05, 3.63) is 58.9 Å². The summed E-state index contributed by atoms with van der Waals surface area (Å²) in [7, 11) is 0. The van der Waals surface area contributed by atoms with Crippen molar-refractivity contribution in [1.29, 1.82) is 0 Å². The summed E-state index contributed by atoms with van der Waals surface area (Å²) in [5, 5.41) is 3.04. The summed E-state index contributed by atoms with van der Waals surface area (Å²) in [6, 6.07) is 9.51. The van der Waals surface area contributed by atoms with Gasteiger partial charge in [-0.3, -0.25) is 0 Å². The normalized spacial score (nSPS) is 11.3. The molecule has 0 radical (unpaired) electrons. The molecule has 2 nitrogen and oxygen atoms in total. The molecule has 0 fully saturated rings. The van der Waals surface area contributed by atoms with E-state index in [4.69, 9.17) is 11.6 Å². The van der Waals surface area contributed by atoms with Crippen LogP contribution in [-0.2, 0) is 6.54 Å². The molecule has 0 heterocycles. The molecular weight excluding hydrogens is 310 g/mol. The summed E-state index contributed by atoms with van der Waals surface area (Å²) in [6.45, 7) is -0.0232. The fraction of sp³-hybridized carbons (Fsp3) is 0.143. The smallest absolute Gasteiger partial charge is 0.404 e. The second-order valence-electron chi connectivity index (χ2n) is 4.13. The topological polar surface area (TPSA) is 21.3 Å². The van der Waals surface area contributed by atoms with Crippen LogP contribution in [0.1, 0.15) is 5.56 Å². The van der Waals surface area contributed by atoms with Gasteiger partial charge in [-0.1, -0.05) is 23.7 Å². The van der Waals surface area contributed by atoms with Gasteiger partial charge in [0.05, 0.1) is 5.69 Å². The molecule has 2 aromatic carbocycles. The molecular formula is C14H10ClF4NO. The highest BCUT2D eigenvalue weighted by Crippen LogP contribution is 2.30. The lowest BCUT2D eigenvalue weighted by molar-refractivity contribution is -0.274. The van der Waals surface area contributed by atoms with E-state index in [-0.39, 0.29) is 23.5 Å². The van der Waals surface area contributed by atoms with E-state index in [0.29, 0.717) is 5.02 Å². The average Bonchev–Trinajstić information content (AvgIpc) is 2.39. The van der Waals surface area contributed by atoms with Crippen molar-refractivity contribution in [1.82, 2.24) is 0 Å². The molecule has 0 spiro atoms. The van der Waals surface area contributed by atoms with E-state index in [1.54, 1.807) is 6.07 Å². The van der Waals surface area contributed by atoms with Crippen LogP contribution in [0.25, 0.3) is 0 Å². The molecule has 0 aliphatic carbocycles. The van der Waals surface area contributed by atoms with E-state index >= 15 is 0 Å². The van der Waals surface area contributed by atoms with Crippen molar-refractivity contribution >= 4 is 17.3 Å². The predicted octanol–water partition coefficient (Wildman–Crippen LogP) is 4.99. The first kappa shape index (κ1) is 15.4. The number of alkyl halides is 3. The van der Waals surface area contributed by atoms with Gasteiger partial charge < -0.3 is 10.1 Å². The van der Waals surface area contributed by atoms with Crippen molar-refractivity contribution in [3.63, 3.8) is 0 Å². The van der Waals surface area contributed by atoms with Gasteiger partial charge in [0.1, 0.15) is 5.82 Å². The van der Waals surface area contributed by atoms with Gasteiger partial charge in [-0.25, -0.2) is 4.39 Å². The molecule has 21 heavy (non-hydrogen) atoms. The van der Waals surface area contributed by atoms with Gasteiger partial charge >= 0.3 is 6.36 Å². The molecule has 0 bridgehead atoms. The van der Waals surface area contributed by atoms with Crippen LogP contribution in [0, 0.1) is 5.82 Å². The van der Waals surface area contributed by atoms with E-state index in [1.165, 1.54) is 36.4 Å². The van der Waals surface area contributed by atoms with Gasteiger partial charge in [0.15, 0.2) is 5.75 Å². The quantitative estimate of drug-likeness (QED) is 0.802. The molecule has 0 saturated heterocycles. The van der Waals surface area contributed by atoms with Gasteiger partial charge in [0.25, 0.3) is 0 Å². The van der Waals surface area contributed by atoms with Gasteiger partial charge in [0, 0.05) is 17.1 Å². The minimum atomic E-state index is -4.79. The maximum absolute atomic E-state index is 13.5. The lowest BCUT2D eigenvalue weighted by atomic mass is 10.2. The van der Waals surface area contributed by atoms with Gasteiger partial charge in [0.2, 0.25) is 0 Å². The highest BCUT2D eigenvalue weighted by molar-refractivity contribution is 6.30. The highest BCUT2D eigenvalue weighted by atomic mass is 35.5. The summed E-state index contributed by atoms with van der Waals surface area (Å²) in [6.07, 6.45) is -4.79. The summed E-state index contributed by atoms with van der Waals surface area (Å²) in [5.41, 5.74) is 0.346. The molecule has 0 aliphatic rings. The van der Waals surface area contributed by atoms with Crippen molar-refractivity contribution in [2.24, 2.45) is 0 Å². The van der Waals surface area contributed by atoms with Gasteiger partial charge in [-0.15, -0.1) is 13.2 Å². The summed E-state index contributed by atoms with van der Waals surface area (Å²) < 4.78 is 54.2. The Labute approximate surface area is 123 Å². The number of ether oxygens (including phenoxy) is 1. The van der Waals surface area contributed by atoms with E-state index in [0.717, 1.165) is 0 Å². The van der Waals surface area contributed by atoms with Crippen molar-refractivity contribution < 1.29 is 22.3 Å². The van der Waals surface area contributed by atoms with Crippen LogP contribution in [-0.4, -0.2) is 6.36 Å². The number of para-hydroxylation sites is 2. The summed E-state index contributed by atoms with van der Waals surface area (Å²) in [4.78, 5) is 0. The molecule has 0 saturated carbocycles. The largest absolute Gasteiger partial charge is 0.573 e. The molecule has 1 N–H and O–H groups in total. The van der Waals surface area contributed by atoms with Crippen LogP contribution in [0.4, 0.5) is 23.2 Å². The fourth-order valence-electron chi connectivity index (χ4n) is 1.70. The zero-order chi connectivity index (χ0) is 15.5. The molecule has 0 amide bonds. The van der Waals surface area contributed by atoms with Crippen LogP contribution < -0.4 is 10.1 Å². The Bertz CT molecular complexity index is 631. The second kappa shape index (κ2) is 6.22. The van der Waals surface area contributed by atoms with Crippen LogP contribution in [0.5, 0.6) is 5.75 Å². The third-order valence-corrected chi connectivity index (χ3v) is 2.82. The lowest BCUT2D eigenvalue weighted by Crippen LogP contribution is -2.18. The van der Waals surface area contributed by atoms with E-state index in [2.05, 4.69) is 10.1 Å². The molecule has 0 unspecified atom stereocenters. The Morgan fingerprint density at radius 2 is 1.81 bits per heavy atom. The predicted molar refractivity (Wildman–Crippen MR) is 71.9 cm³/mol. The molecule has 7 heteroatoms. The summed E-state index contributed by atoms with van der Waals surface area (Å²) in [5.74, 6) is -0.881. The summed E-state index contributed by atoms with van der Waals surface area (Å²) >= 11 is 5.75. The molecule has 0 aromatic heterocycles. The fourth-order valence-corrected chi connectivity index (χ4v) is 1.89. The third-order valence-electron chi connectivity index (χ3n) is 2.59. The maximum atomic E-state index is 13.5. The van der Waals surface area contributed by atoms with Crippen LogP contribution in [0.2, 0.25) is 5.02 Å². The third kappa shape index (κ3) is 4.53. The van der Waals surface area contributed by atoms with E-state index < -0.39 is 12.2 Å². The van der Waals surface area contributed by atoms with Gasteiger partial charge in [-0.05, 0) is 30.3 Å². The molecule has 2 rings (SSSR count). The van der Waals surface area contributed by atoms with Gasteiger partial charge in [-0.2, -0.15) is 0 Å². The zero-order valence-electron chi connectivity index (χ0n) is 10.5. The standard InChI is InChI=1S/C14H10ClF4NO/c15-10-5-6-11(16)9(7-10)8-20-12-3-1-2-4-13(12)21-14(17,18)19/h1-7,20H,8H2. The number of hydrogen-bond acceptors (Lipinski definition) is 2. The number of anilines is 1. The van der Waals surface area contributed by atoms with Crippen LogP contribution in [0.3, 0.4) is 0 Å². The molecule has 0 atom stereocenters. The Kier molecular flexibility index (Phi) is 4.57. The highest BCUT2D eigenvalue weighted by Gasteiger charge is 2.32. The van der Waals surface area contributed by atoms with Crippen LogP contribution in [0.15, 0.2) is 42.5 Å².